The molecule has 0 radical (unpaired) electrons. The lowest BCUT2D eigenvalue weighted by Crippen LogP contribution is -2.18. The van der Waals surface area contributed by atoms with Gasteiger partial charge in [0.1, 0.15) is 0 Å². The Morgan fingerprint density at radius 2 is 2.24 bits per heavy atom. The highest BCUT2D eigenvalue weighted by molar-refractivity contribution is 7.09. The Hall–Kier alpha value is -1.33. The number of nitrogens with two attached hydrogens (primary N) is 1. The fraction of sp³-hybridized carbons (Fsp3) is 0.273. The summed E-state index contributed by atoms with van der Waals surface area (Å²) in [6, 6.07) is 0. The molecular formula is C11H13ClN4S. The molecule has 0 aliphatic heterocycles. The van der Waals surface area contributed by atoms with E-state index in [0.717, 1.165) is 16.4 Å². The molecule has 0 bridgehead atoms. The van der Waals surface area contributed by atoms with Gasteiger partial charge >= 0.3 is 0 Å². The van der Waals surface area contributed by atoms with E-state index in [2.05, 4.69) is 9.97 Å². The van der Waals surface area contributed by atoms with Crippen molar-refractivity contribution in [2.24, 2.45) is 0 Å². The van der Waals surface area contributed by atoms with Crippen LogP contribution in [-0.2, 0) is 6.54 Å². The number of hydrogen-bond acceptors (Lipinski definition) is 5. The molecule has 2 N–H and O–H groups in total. The van der Waals surface area contributed by atoms with Crippen molar-refractivity contribution in [1.82, 2.24) is 9.97 Å². The summed E-state index contributed by atoms with van der Waals surface area (Å²) >= 11 is 7.73. The summed E-state index contributed by atoms with van der Waals surface area (Å²) in [6.07, 6.45) is 3.19. The van der Waals surface area contributed by atoms with E-state index in [4.69, 9.17) is 17.3 Å². The Morgan fingerprint density at radius 1 is 1.47 bits per heavy atom. The summed E-state index contributed by atoms with van der Waals surface area (Å²) in [5.41, 5.74) is 8.27. The van der Waals surface area contributed by atoms with Crippen LogP contribution in [0.3, 0.4) is 0 Å². The minimum atomic E-state index is 0.555. The van der Waals surface area contributed by atoms with Gasteiger partial charge in [0.25, 0.3) is 0 Å². The molecule has 4 nitrogen and oxygen atoms in total. The molecule has 0 aliphatic rings. The third-order valence-corrected chi connectivity index (χ3v) is 3.45. The largest absolute Gasteiger partial charge is 0.396 e. The Bertz CT molecular complexity index is 506. The molecule has 2 rings (SSSR count). The average molecular weight is 269 g/mol. The molecule has 0 saturated carbocycles. The first-order valence-electron chi connectivity index (χ1n) is 5.09. The molecule has 0 saturated heterocycles. The highest BCUT2D eigenvalue weighted by Crippen LogP contribution is 2.30. The summed E-state index contributed by atoms with van der Waals surface area (Å²) < 4.78 is 0. The Morgan fingerprint density at radius 3 is 2.82 bits per heavy atom. The third-order valence-electron chi connectivity index (χ3n) is 2.35. The number of nitrogens with zero attached hydrogens (tertiary/aromatic N) is 3. The average Bonchev–Trinajstić information content (AvgIpc) is 2.63. The van der Waals surface area contributed by atoms with Crippen LogP contribution in [0.25, 0.3) is 0 Å². The molecule has 0 fully saturated rings. The SMILES string of the molecule is Cc1nc(CN(C)c2c(N)cncc2Cl)cs1. The fourth-order valence-electron chi connectivity index (χ4n) is 1.65. The van der Waals surface area contributed by atoms with Crippen LogP contribution in [0.1, 0.15) is 10.7 Å². The van der Waals surface area contributed by atoms with Gasteiger partial charge in [0, 0.05) is 18.6 Å². The standard InChI is InChI=1S/C11H13ClN4S/c1-7-15-8(6-17-7)5-16(2)11-9(12)3-14-4-10(11)13/h3-4,6H,5,13H2,1-2H3. The number of halogens is 1. The highest BCUT2D eigenvalue weighted by Gasteiger charge is 2.12. The Kier molecular flexibility index (Phi) is 3.49. The van der Waals surface area contributed by atoms with Crippen LogP contribution in [0.15, 0.2) is 17.8 Å². The maximum absolute atomic E-state index is 6.09. The molecule has 2 aromatic rings. The Labute approximate surface area is 109 Å². The van der Waals surface area contributed by atoms with Crippen molar-refractivity contribution in [2.45, 2.75) is 13.5 Å². The zero-order valence-electron chi connectivity index (χ0n) is 9.64. The van der Waals surface area contributed by atoms with E-state index < -0.39 is 0 Å². The fourth-order valence-corrected chi connectivity index (χ4v) is 2.56. The predicted octanol–water partition coefficient (Wildman–Crippen LogP) is 2.72. The molecule has 2 heterocycles. The van der Waals surface area contributed by atoms with Crippen LogP contribution in [-0.4, -0.2) is 17.0 Å². The lowest BCUT2D eigenvalue weighted by molar-refractivity contribution is 0.890. The van der Waals surface area contributed by atoms with Gasteiger partial charge in [-0.2, -0.15) is 0 Å². The van der Waals surface area contributed by atoms with Crippen molar-refractivity contribution in [3.8, 4) is 0 Å². The first-order valence-corrected chi connectivity index (χ1v) is 6.35. The molecule has 2 aromatic heterocycles. The molecular weight excluding hydrogens is 256 g/mol. The highest BCUT2D eigenvalue weighted by atomic mass is 35.5. The van der Waals surface area contributed by atoms with E-state index in [1.807, 2.05) is 24.3 Å². The number of nitrogen functional groups attached to an aromatic ring is 1. The van der Waals surface area contributed by atoms with Crippen LogP contribution in [0.2, 0.25) is 5.02 Å². The van der Waals surface area contributed by atoms with Crippen molar-refractivity contribution in [3.05, 3.63) is 33.5 Å². The molecule has 17 heavy (non-hydrogen) atoms. The van der Waals surface area contributed by atoms with Gasteiger partial charge in [0.15, 0.2) is 0 Å². The monoisotopic (exact) mass is 268 g/mol. The van der Waals surface area contributed by atoms with E-state index in [1.165, 1.54) is 0 Å². The summed E-state index contributed by atoms with van der Waals surface area (Å²) in [5, 5.41) is 3.65. The topological polar surface area (TPSA) is 55.0 Å². The number of anilines is 2. The van der Waals surface area contributed by atoms with Crippen molar-refractivity contribution in [2.75, 3.05) is 17.7 Å². The number of pyridine rings is 1. The number of aromatic nitrogens is 2. The second kappa shape index (κ2) is 4.89. The van der Waals surface area contributed by atoms with Gasteiger partial charge in [-0.3, -0.25) is 4.98 Å². The van der Waals surface area contributed by atoms with Crippen molar-refractivity contribution >= 4 is 34.3 Å². The van der Waals surface area contributed by atoms with Crippen LogP contribution in [0.5, 0.6) is 0 Å². The molecule has 90 valence electrons. The van der Waals surface area contributed by atoms with Crippen LogP contribution >= 0.6 is 22.9 Å². The second-order valence-electron chi connectivity index (χ2n) is 3.77. The lowest BCUT2D eigenvalue weighted by Gasteiger charge is -2.20. The zero-order chi connectivity index (χ0) is 12.4. The van der Waals surface area contributed by atoms with Gasteiger partial charge in [-0.1, -0.05) is 11.6 Å². The number of hydrogen-bond donors (Lipinski definition) is 1. The van der Waals surface area contributed by atoms with Gasteiger partial charge in [-0.05, 0) is 6.92 Å². The van der Waals surface area contributed by atoms with E-state index >= 15 is 0 Å². The van der Waals surface area contributed by atoms with Crippen LogP contribution in [0.4, 0.5) is 11.4 Å². The van der Waals surface area contributed by atoms with Crippen LogP contribution in [0, 0.1) is 6.92 Å². The van der Waals surface area contributed by atoms with E-state index in [1.54, 1.807) is 23.7 Å². The molecule has 0 amide bonds. The normalized spacial score (nSPS) is 10.5. The first kappa shape index (κ1) is 12.1. The van der Waals surface area contributed by atoms with E-state index in [-0.39, 0.29) is 0 Å². The number of thiazole rings is 1. The minimum absolute atomic E-state index is 0.555. The van der Waals surface area contributed by atoms with E-state index in [0.29, 0.717) is 17.3 Å². The lowest BCUT2D eigenvalue weighted by atomic mass is 10.3. The van der Waals surface area contributed by atoms with Gasteiger partial charge in [-0.15, -0.1) is 11.3 Å². The van der Waals surface area contributed by atoms with Gasteiger partial charge in [0.05, 0.1) is 39.8 Å². The Balaban J connectivity index is 2.22. The van der Waals surface area contributed by atoms with Crippen molar-refractivity contribution in [3.63, 3.8) is 0 Å². The van der Waals surface area contributed by atoms with Gasteiger partial charge in [0.2, 0.25) is 0 Å². The number of rotatable bonds is 3. The molecule has 0 atom stereocenters. The summed E-state index contributed by atoms with van der Waals surface area (Å²) in [7, 11) is 1.94. The van der Waals surface area contributed by atoms with Gasteiger partial charge < -0.3 is 10.6 Å². The van der Waals surface area contributed by atoms with Gasteiger partial charge in [-0.25, -0.2) is 4.98 Å². The van der Waals surface area contributed by atoms with Crippen LogP contribution < -0.4 is 10.6 Å². The molecule has 0 aromatic carbocycles. The number of aryl methyl sites for hydroxylation is 1. The predicted molar refractivity (Wildman–Crippen MR) is 72.6 cm³/mol. The minimum Gasteiger partial charge on any atom is -0.396 e. The quantitative estimate of drug-likeness (QED) is 0.930. The molecule has 0 aliphatic carbocycles. The maximum atomic E-state index is 6.09. The summed E-state index contributed by atoms with van der Waals surface area (Å²) in [4.78, 5) is 10.3. The molecule has 6 heteroatoms. The maximum Gasteiger partial charge on any atom is 0.0898 e. The summed E-state index contributed by atoms with van der Waals surface area (Å²) in [6.45, 7) is 2.67. The molecule has 0 unspecified atom stereocenters. The first-order chi connectivity index (χ1) is 8.08. The van der Waals surface area contributed by atoms with Crippen molar-refractivity contribution < 1.29 is 0 Å². The smallest absolute Gasteiger partial charge is 0.0898 e. The summed E-state index contributed by atoms with van der Waals surface area (Å²) in [5.74, 6) is 0. The zero-order valence-corrected chi connectivity index (χ0v) is 11.2. The van der Waals surface area contributed by atoms with Crippen molar-refractivity contribution in [1.29, 1.82) is 0 Å². The second-order valence-corrected chi connectivity index (χ2v) is 5.24. The van der Waals surface area contributed by atoms with E-state index in [9.17, 15) is 0 Å². The molecule has 0 spiro atoms. The third kappa shape index (κ3) is 2.68.